The van der Waals surface area contributed by atoms with E-state index in [1.807, 2.05) is 24.3 Å². The van der Waals surface area contributed by atoms with Crippen LogP contribution < -0.4 is 5.32 Å². The van der Waals surface area contributed by atoms with Crippen LogP contribution in [0.2, 0.25) is 0 Å². The molecule has 1 N–H and O–H groups in total. The normalized spacial score (nSPS) is 12.6. The molecule has 0 aliphatic heterocycles. The van der Waals surface area contributed by atoms with Crippen molar-refractivity contribution in [2.45, 2.75) is 20.8 Å². The first-order valence-electron chi connectivity index (χ1n) is 5.54. The molecule has 88 valence electrons. The molecule has 0 bridgehead atoms. The van der Waals surface area contributed by atoms with E-state index in [1.54, 1.807) is 0 Å². The van der Waals surface area contributed by atoms with Gasteiger partial charge in [-0.15, -0.1) is 0 Å². The third-order valence-electron chi connectivity index (χ3n) is 2.83. The molecule has 1 atom stereocenters. The Hall–Kier alpha value is -0.580. The number of nitrogens with one attached hydrogen (secondary N) is 1. The Balaban J connectivity index is 2.50. The molecule has 3 heteroatoms. The Morgan fingerprint density at radius 2 is 1.81 bits per heavy atom. The molecule has 1 amide bonds. The summed E-state index contributed by atoms with van der Waals surface area (Å²) >= 11 is 2.23. The number of amides is 1. The third-order valence-corrected chi connectivity index (χ3v) is 3.55. The zero-order valence-corrected chi connectivity index (χ0v) is 12.1. The summed E-state index contributed by atoms with van der Waals surface area (Å²) in [5.41, 5.74) is 0.733. The van der Waals surface area contributed by atoms with Crippen molar-refractivity contribution in [2.24, 2.45) is 11.8 Å². The van der Waals surface area contributed by atoms with Crippen molar-refractivity contribution in [2.75, 3.05) is 6.54 Å². The van der Waals surface area contributed by atoms with Crippen LogP contribution in [-0.4, -0.2) is 12.5 Å². The van der Waals surface area contributed by atoms with E-state index in [-0.39, 0.29) is 5.91 Å². The molecule has 0 saturated heterocycles. The molecular weight excluding hydrogens is 313 g/mol. The second-order valence-corrected chi connectivity index (χ2v) is 5.68. The number of rotatable bonds is 4. The third kappa shape index (κ3) is 4.12. The highest BCUT2D eigenvalue weighted by atomic mass is 127. The molecule has 0 saturated carbocycles. The second-order valence-electron chi connectivity index (χ2n) is 4.44. The fourth-order valence-corrected chi connectivity index (χ4v) is 1.55. The summed E-state index contributed by atoms with van der Waals surface area (Å²) in [6.45, 7) is 7.23. The lowest BCUT2D eigenvalue weighted by atomic mass is 9.98. The van der Waals surface area contributed by atoms with E-state index < -0.39 is 0 Å². The van der Waals surface area contributed by atoms with Crippen LogP contribution >= 0.6 is 22.6 Å². The lowest BCUT2D eigenvalue weighted by molar-refractivity contribution is 0.0945. The Bertz CT molecular complexity index is 345. The summed E-state index contributed by atoms with van der Waals surface area (Å²) < 4.78 is 1.14. The zero-order chi connectivity index (χ0) is 12.1. The van der Waals surface area contributed by atoms with E-state index >= 15 is 0 Å². The molecule has 0 spiro atoms. The number of benzene rings is 1. The SMILES string of the molecule is CC(C)C(C)CNC(=O)c1ccc(I)cc1. The molecule has 0 fully saturated rings. The van der Waals surface area contributed by atoms with Gasteiger partial charge in [-0.2, -0.15) is 0 Å². The van der Waals surface area contributed by atoms with Gasteiger partial charge in [-0.25, -0.2) is 0 Å². The summed E-state index contributed by atoms with van der Waals surface area (Å²) in [7, 11) is 0. The average molecular weight is 331 g/mol. The Kier molecular flexibility index (Phi) is 5.25. The van der Waals surface area contributed by atoms with Gasteiger partial charge in [0.1, 0.15) is 0 Å². The fourth-order valence-electron chi connectivity index (χ4n) is 1.19. The number of hydrogen-bond donors (Lipinski definition) is 1. The van der Waals surface area contributed by atoms with Gasteiger partial charge in [-0.05, 0) is 58.7 Å². The summed E-state index contributed by atoms with van der Waals surface area (Å²) in [5, 5.41) is 2.96. The van der Waals surface area contributed by atoms with Crippen LogP contribution in [0.3, 0.4) is 0 Å². The number of hydrogen-bond acceptors (Lipinski definition) is 1. The van der Waals surface area contributed by atoms with Crippen LogP contribution in [0.25, 0.3) is 0 Å². The molecule has 0 aromatic heterocycles. The maximum Gasteiger partial charge on any atom is 0.251 e. The number of carbonyl (C=O) groups is 1. The summed E-state index contributed by atoms with van der Waals surface area (Å²) in [6.07, 6.45) is 0. The minimum atomic E-state index is 0.0175. The summed E-state index contributed by atoms with van der Waals surface area (Å²) in [4.78, 5) is 11.8. The van der Waals surface area contributed by atoms with E-state index in [0.717, 1.165) is 15.7 Å². The monoisotopic (exact) mass is 331 g/mol. The molecule has 0 radical (unpaired) electrons. The lowest BCUT2D eigenvalue weighted by Crippen LogP contribution is -2.30. The quantitative estimate of drug-likeness (QED) is 0.843. The van der Waals surface area contributed by atoms with Gasteiger partial charge in [0.25, 0.3) is 5.91 Å². The Labute approximate surface area is 111 Å². The van der Waals surface area contributed by atoms with Gasteiger partial charge < -0.3 is 5.32 Å². The van der Waals surface area contributed by atoms with Crippen LogP contribution in [-0.2, 0) is 0 Å². The molecular formula is C13H18INO. The summed E-state index contributed by atoms with van der Waals surface area (Å²) in [6, 6.07) is 7.61. The minimum absolute atomic E-state index is 0.0175. The lowest BCUT2D eigenvalue weighted by Gasteiger charge is -2.16. The summed E-state index contributed by atoms with van der Waals surface area (Å²) in [5.74, 6) is 1.12. The van der Waals surface area contributed by atoms with Crippen molar-refractivity contribution in [3.63, 3.8) is 0 Å². The first-order chi connectivity index (χ1) is 7.50. The van der Waals surface area contributed by atoms with E-state index in [9.17, 15) is 4.79 Å². The molecule has 1 unspecified atom stereocenters. The van der Waals surface area contributed by atoms with Gasteiger partial charge in [0, 0.05) is 15.7 Å². The van der Waals surface area contributed by atoms with E-state index in [2.05, 4.69) is 48.7 Å². The van der Waals surface area contributed by atoms with Crippen LogP contribution in [0.1, 0.15) is 31.1 Å². The van der Waals surface area contributed by atoms with Crippen molar-refractivity contribution >= 4 is 28.5 Å². The van der Waals surface area contributed by atoms with Gasteiger partial charge in [0.2, 0.25) is 0 Å². The average Bonchev–Trinajstić information content (AvgIpc) is 2.26. The topological polar surface area (TPSA) is 29.1 Å². The van der Waals surface area contributed by atoms with Crippen molar-refractivity contribution in [1.29, 1.82) is 0 Å². The second kappa shape index (κ2) is 6.23. The standard InChI is InChI=1S/C13H18INO/c1-9(2)10(3)8-15-13(16)11-4-6-12(14)7-5-11/h4-7,9-10H,8H2,1-3H3,(H,15,16). The van der Waals surface area contributed by atoms with Gasteiger partial charge in [-0.3, -0.25) is 4.79 Å². The van der Waals surface area contributed by atoms with Gasteiger partial charge in [0.05, 0.1) is 0 Å². The number of carbonyl (C=O) groups excluding carboxylic acids is 1. The Morgan fingerprint density at radius 3 is 2.31 bits per heavy atom. The molecule has 1 rings (SSSR count). The zero-order valence-electron chi connectivity index (χ0n) is 9.96. The Morgan fingerprint density at radius 1 is 1.25 bits per heavy atom. The predicted molar refractivity (Wildman–Crippen MR) is 75.5 cm³/mol. The maximum absolute atomic E-state index is 11.8. The van der Waals surface area contributed by atoms with E-state index in [1.165, 1.54) is 0 Å². The maximum atomic E-state index is 11.8. The van der Waals surface area contributed by atoms with E-state index in [0.29, 0.717) is 11.8 Å². The highest BCUT2D eigenvalue weighted by Gasteiger charge is 2.10. The predicted octanol–water partition coefficient (Wildman–Crippen LogP) is 3.31. The largest absolute Gasteiger partial charge is 0.352 e. The van der Waals surface area contributed by atoms with Crippen LogP contribution in [0.5, 0.6) is 0 Å². The highest BCUT2D eigenvalue weighted by molar-refractivity contribution is 14.1. The molecule has 0 aliphatic rings. The van der Waals surface area contributed by atoms with E-state index in [4.69, 9.17) is 0 Å². The molecule has 0 heterocycles. The minimum Gasteiger partial charge on any atom is -0.352 e. The highest BCUT2D eigenvalue weighted by Crippen LogP contribution is 2.09. The van der Waals surface area contributed by atoms with Crippen molar-refractivity contribution in [3.8, 4) is 0 Å². The molecule has 1 aromatic carbocycles. The molecule has 2 nitrogen and oxygen atoms in total. The van der Waals surface area contributed by atoms with Gasteiger partial charge in [-0.1, -0.05) is 20.8 Å². The number of halogens is 1. The first-order valence-corrected chi connectivity index (χ1v) is 6.62. The van der Waals surface area contributed by atoms with Crippen molar-refractivity contribution < 1.29 is 4.79 Å². The smallest absolute Gasteiger partial charge is 0.251 e. The van der Waals surface area contributed by atoms with Gasteiger partial charge >= 0.3 is 0 Å². The fraction of sp³-hybridized carbons (Fsp3) is 0.462. The van der Waals surface area contributed by atoms with Crippen LogP contribution in [0, 0.1) is 15.4 Å². The van der Waals surface area contributed by atoms with Crippen molar-refractivity contribution in [1.82, 2.24) is 5.32 Å². The molecule has 16 heavy (non-hydrogen) atoms. The van der Waals surface area contributed by atoms with Crippen LogP contribution in [0.4, 0.5) is 0 Å². The van der Waals surface area contributed by atoms with Crippen LogP contribution in [0.15, 0.2) is 24.3 Å². The van der Waals surface area contributed by atoms with Crippen molar-refractivity contribution in [3.05, 3.63) is 33.4 Å². The van der Waals surface area contributed by atoms with Gasteiger partial charge in [0.15, 0.2) is 0 Å². The first kappa shape index (κ1) is 13.5. The molecule has 1 aromatic rings. The molecule has 0 aliphatic carbocycles.